The zero-order valence-corrected chi connectivity index (χ0v) is 10.2. The molecule has 1 aliphatic heterocycles. The van der Waals surface area contributed by atoms with E-state index in [9.17, 15) is 13.2 Å². The van der Waals surface area contributed by atoms with E-state index in [-0.39, 0.29) is 13.1 Å². The molecule has 94 valence electrons. The number of carbonyl (C=O) groups is 1. The number of aliphatic carboxylic acids is 1. The fraction of sp³-hybridized carbons (Fsp3) is 0.875. The smallest absolute Gasteiger partial charge is 0.338 e. The standard InChI is InChI=1S/C8H17N3O4S/c1-8(9,7(12)13)10-3-5-11(6-4-10)16(2,14)15/h3-6,9H2,1-2H3,(H,12,13). The van der Waals surface area contributed by atoms with E-state index in [1.807, 2.05) is 0 Å². The number of sulfonamides is 1. The SMILES string of the molecule is CC(N)(C(=O)O)N1CCN(S(C)(=O)=O)CC1. The van der Waals surface area contributed by atoms with Gasteiger partial charge in [0.05, 0.1) is 6.26 Å². The van der Waals surface area contributed by atoms with Crippen molar-refractivity contribution in [2.24, 2.45) is 5.73 Å². The Kier molecular flexibility index (Phi) is 3.58. The maximum atomic E-state index is 11.2. The number of carboxylic acid groups (broad SMARTS) is 1. The second-order valence-corrected chi connectivity index (χ2v) is 6.08. The van der Waals surface area contributed by atoms with E-state index in [4.69, 9.17) is 10.8 Å². The van der Waals surface area contributed by atoms with Crippen molar-refractivity contribution >= 4 is 16.0 Å². The summed E-state index contributed by atoms with van der Waals surface area (Å²) >= 11 is 0. The summed E-state index contributed by atoms with van der Waals surface area (Å²) in [6.07, 6.45) is 1.14. The summed E-state index contributed by atoms with van der Waals surface area (Å²) in [7, 11) is -3.20. The first-order chi connectivity index (χ1) is 7.15. The average Bonchev–Trinajstić information content (AvgIpc) is 2.16. The molecule has 1 saturated heterocycles. The van der Waals surface area contributed by atoms with Crippen LogP contribution in [0.2, 0.25) is 0 Å². The second kappa shape index (κ2) is 4.28. The maximum Gasteiger partial charge on any atom is 0.338 e. The highest BCUT2D eigenvalue weighted by atomic mass is 32.2. The van der Waals surface area contributed by atoms with Crippen LogP contribution in [0.25, 0.3) is 0 Å². The molecule has 7 nitrogen and oxygen atoms in total. The third-order valence-corrected chi connectivity index (χ3v) is 4.10. The lowest BCUT2D eigenvalue weighted by atomic mass is 10.1. The van der Waals surface area contributed by atoms with Crippen LogP contribution in [-0.2, 0) is 14.8 Å². The summed E-state index contributed by atoms with van der Waals surface area (Å²) in [4.78, 5) is 12.5. The minimum absolute atomic E-state index is 0.277. The molecular formula is C8H17N3O4S. The molecule has 0 aromatic heterocycles. The summed E-state index contributed by atoms with van der Waals surface area (Å²) in [6.45, 7) is 2.61. The first kappa shape index (κ1) is 13.4. The van der Waals surface area contributed by atoms with Crippen molar-refractivity contribution < 1.29 is 18.3 Å². The number of rotatable bonds is 3. The molecule has 1 heterocycles. The summed E-state index contributed by atoms with van der Waals surface area (Å²) in [5.41, 5.74) is 4.21. The summed E-state index contributed by atoms with van der Waals surface area (Å²) in [5, 5.41) is 8.92. The lowest BCUT2D eigenvalue weighted by Gasteiger charge is -2.40. The van der Waals surface area contributed by atoms with Crippen molar-refractivity contribution in [1.29, 1.82) is 0 Å². The Bertz CT molecular complexity index is 371. The monoisotopic (exact) mass is 251 g/mol. The van der Waals surface area contributed by atoms with Crippen LogP contribution in [0.5, 0.6) is 0 Å². The normalized spacial score (nSPS) is 23.9. The molecule has 0 amide bonds. The largest absolute Gasteiger partial charge is 0.479 e. The van der Waals surface area contributed by atoms with Crippen molar-refractivity contribution in [3.05, 3.63) is 0 Å². The van der Waals surface area contributed by atoms with Gasteiger partial charge in [0, 0.05) is 26.2 Å². The molecule has 0 bridgehead atoms. The Balaban J connectivity index is 2.66. The van der Waals surface area contributed by atoms with Gasteiger partial charge in [-0.1, -0.05) is 0 Å². The Labute approximate surface area is 94.9 Å². The molecule has 1 aliphatic rings. The molecule has 0 aromatic rings. The third-order valence-electron chi connectivity index (χ3n) is 2.80. The molecule has 0 aromatic carbocycles. The Morgan fingerprint density at radius 3 is 2.06 bits per heavy atom. The fourth-order valence-electron chi connectivity index (χ4n) is 1.62. The molecular weight excluding hydrogens is 234 g/mol. The van der Waals surface area contributed by atoms with Crippen LogP contribution < -0.4 is 5.73 Å². The highest BCUT2D eigenvalue weighted by Gasteiger charge is 2.38. The van der Waals surface area contributed by atoms with E-state index < -0.39 is 21.7 Å². The van der Waals surface area contributed by atoms with Gasteiger partial charge < -0.3 is 10.8 Å². The lowest BCUT2D eigenvalue weighted by molar-refractivity contribution is -0.151. The molecule has 1 atom stereocenters. The number of nitrogens with two attached hydrogens (primary N) is 1. The Morgan fingerprint density at radius 2 is 1.75 bits per heavy atom. The highest BCUT2D eigenvalue weighted by Crippen LogP contribution is 2.13. The van der Waals surface area contributed by atoms with Gasteiger partial charge in [-0.15, -0.1) is 0 Å². The number of piperazine rings is 1. The van der Waals surface area contributed by atoms with Crippen LogP contribution in [-0.4, -0.2) is 66.8 Å². The van der Waals surface area contributed by atoms with Crippen LogP contribution >= 0.6 is 0 Å². The van der Waals surface area contributed by atoms with Crippen molar-refractivity contribution in [3.8, 4) is 0 Å². The van der Waals surface area contributed by atoms with Gasteiger partial charge in [-0.3, -0.25) is 4.90 Å². The molecule has 8 heteroatoms. The molecule has 0 aliphatic carbocycles. The zero-order chi connectivity index (χ0) is 12.6. The predicted molar refractivity (Wildman–Crippen MR) is 58.2 cm³/mol. The predicted octanol–water partition coefficient (Wildman–Crippen LogP) is -1.68. The van der Waals surface area contributed by atoms with Gasteiger partial charge in [0.15, 0.2) is 5.66 Å². The van der Waals surface area contributed by atoms with E-state index in [1.54, 1.807) is 4.90 Å². The number of hydrogen-bond acceptors (Lipinski definition) is 5. The van der Waals surface area contributed by atoms with Crippen LogP contribution in [0.4, 0.5) is 0 Å². The first-order valence-electron chi connectivity index (χ1n) is 4.88. The van der Waals surface area contributed by atoms with Crippen molar-refractivity contribution in [3.63, 3.8) is 0 Å². The van der Waals surface area contributed by atoms with Gasteiger partial charge in [0.25, 0.3) is 0 Å². The van der Waals surface area contributed by atoms with E-state index in [2.05, 4.69) is 0 Å². The molecule has 1 unspecified atom stereocenters. The minimum atomic E-state index is -3.20. The van der Waals surface area contributed by atoms with E-state index in [1.165, 1.54) is 11.2 Å². The van der Waals surface area contributed by atoms with Gasteiger partial charge >= 0.3 is 5.97 Å². The molecule has 0 spiro atoms. The molecule has 1 rings (SSSR count). The summed E-state index contributed by atoms with van der Waals surface area (Å²) in [5.74, 6) is -1.11. The molecule has 1 fully saturated rings. The quantitative estimate of drug-likeness (QED) is 0.621. The van der Waals surface area contributed by atoms with Crippen LogP contribution in [0.15, 0.2) is 0 Å². The molecule has 16 heavy (non-hydrogen) atoms. The van der Waals surface area contributed by atoms with Gasteiger partial charge in [-0.25, -0.2) is 13.2 Å². The van der Waals surface area contributed by atoms with Crippen LogP contribution in [0, 0.1) is 0 Å². The second-order valence-electron chi connectivity index (χ2n) is 4.10. The zero-order valence-electron chi connectivity index (χ0n) is 9.38. The van der Waals surface area contributed by atoms with Crippen LogP contribution in [0.3, 0.4) is 0 Å². The van der Waals surface area contributed by atoms with Crippen molar-refractivity contribution in [1.82, 2.24) is 9.21 Å². The minimum Gasteiger partial charge on any atom is -0.479 e. The maximum absolute atomic E-state index is 11.2. The van der Waals surface area contributed by atoms with Crippen molar-refractivity contribution in [2.75, 3.05) is 32.4 Å². The molecule has 3 N–H and O–H groups in total. The van der Waals surface area contributed by atoms with Gasteiger partial charge in [-0.05, 0) is 6.92 Å². The third kappa shape index (κ3) is 2.70. The lowest BCUT2D eigenvalue weighted by Crippen LogP contribution is -2.64. The number of carboxylic acids is 1. The Hall–Kier alpha value is -0.700. The van der Waals surface area contributed by atoms with E-state index >= 15 is 0 Å². The van der Waals surface area contributed by atoms with Crippen molar-refractivity contribution in [2.45, 2.75) is 12.6 Å². The molecule has 0 radical (unpaired) electrons. The number of hydrogen-bond donors (Lipinski definition) is 2. The van der Waals surface area contributed by atoms with Gasteiger partial charge in [0.1, 0.15) is 0 Å². The number of nitrogens with zero attached hydrogens (tertiary/aromatic N) is 2. The summed E-state index contributed by atoms with van der Waals surface area (Å²) < 4.78 is 23.8. The van der Waals surface area contributed by atoms with Gasteiger partial charge in [0.2, 0.25) is 10.0 Å². The van der Waals surface area contributed by atoms with Gasteiger partial charge in [-0.2, -0.15) is 4.31 Å². The average molecular weight is 251 g/mol. The molecule has 0 saturated carbocycles. The topological polar surface area (TPSA) is 104 Å². The Morgan fingerprint density at radius 1 is 1.31 bits per heavy atom. The van der Waals surface area contributed by atoms with E-state index in [0.717, 1.165) is 6.26 Å². The van der Waals surface area contributed by atoms with E-state index in [0.29, 0.717) is 13.1 Å². The van der Waals surface area contributed by atoms with Crippen LogP contribution in [0.1, 0.15) is 6.92 Å². The fourth-order valence-corrected chi connectivity index (χ4v) is 2.45. The highest BCUT2D eigenvalue weighted by molar-refractivity contribution is 7.88. The first-order valence-corrected chi connectivity index (χ1v) is 6.73. The summed E-state index contributed by atoms with van der Waals surface area (Å²) in [6, 6.07) is 0.